The van der Waals surface area contributed by atoms with Crippen LogP contribution in [0.25, 0.3) is 0 Å². The van der Waals surface area contributed by atoms with Gasteiger partial charge in [0.2, 0.25) is 0 Å². The van der Waals surface area contributed by atoms with Gasteiger partial charge in [-0.15, -0.1) is 4.52 Å². The molecule has 128 valence electrons. The molecule has 0 radical (unpaired) electrons. The first-order chi connectivity index (χ1) is 11.4. The lowest BCUT2D eigenvalue weighted by Gasteiger charge is -2.29. The van der Waals surface area contributed by atoms with E-state index in [-0.39, 0.29) is 7.25 Å². The predicted octanol–water partition coefficient (Wildman–Crippen LogP) is 4.38. The minimum absolute atomic E-state index is 0.0434. The summed E-state index contributed by atoms with van der Waals surface area (Å²) in [5.74, 6) is 0. The van der Waals surface area contributed by atoms with E-state index in [9.17, 15) is 4.57 Å². The molecule has 0 N–H and O–H groups in total. The maximum atomic E-state index is 11.4. The average molecular weight is 572 g/mol. The van der Waals surface area contributed by atoms with Crippen LogP contribution in [0.15, 0.2) is 34.7 Å². The first-order valence-corrected chi connectivity index (χ1v) is 10.8. The van der Waals surface area contributed by atoms with Crippen LogP contribution >= 0.6 is 53.2 Å². The van der Waals surface area contributed by atoms with Gasteiger partial charge >= 0.3 is 8.03 Å². The molecule has 0 saturated heterocycles. The number of nitrogens with zero attached hydrogens (tertiary/aromatic N) is 3. The van der Waals surface area contributed by atoms with Gasteiger partial charge in [0.25, 0.3) is 1.67 Å². The maximum Gasteiger partial charge on any atom is 0.532 e. The number of rotatable bonds is 8. The van der Waals surface area contributed by atoms with Crippen molar-refractivity contribution in [3.63, 3.8) is 0 Å². The summed E-state index contributed by atoms with van der Waals surface area (Å²) in [6.07, 6.45) is 3.65. The van der Waals surface area contributed by atoms with E-state index in [0.717, 1.165) is 11.4 Å². The molecule has 0 aliphatic carbocycles. The van der Waals surface area contributed by atoms with Crippen molar-refractivity contribution in [1.29, 1.82) is 10.5 Å². The highest BCUT2D eigenvalue weighted by Crippen LogP contribution is 2.38. The van der Waals surface area contributed by atoms with Gasteiger partial charge in [0.1, 0.15) is 24.3 Å². The smallest absolute Gasteiger partial charge is 0.377 e. The largest absolute Gasteiger partial charge is 0.532 e. The lowest BCUT2D eigenvalue weighted by molar-refractivity contribution is 0.0932. The zero-order chi connectivity index (χ0) is 18.1. The minimum Gasteiger partial charge on any atom is -0.377 e. The third-order valence-corrected chi connectivity index (χ3v) is 6.64. The highest BCUT2D eigenvalue weighted by atomic mass is 127. The van der Waals surface area contributed by atoms with Crippen molar-refractivity contribution in [1.82, 2.24) is 4.90 Å². The summed E-state index contributed by atoms with van der Waals surface area (Å²) in [6.45, 7) is 5.70. The standard InChI is InChI=1S/C15H17I2N3O3P/c1-11-7-13(14(9-18)10-19)8-12(2)20(11)3-4-22-5-6-23-24(21)15(16)17/h7-8,15H,3-6H2,1-2H3/q+1. The zero-order valence-corrected chi connectivity index (χ0v) is 18.5. The maximum absolute atomic E-state index is 11.4. The molecule has 0 saturated carbocycles. The van der Waals surface area contributed by atoms with Crippen LogP contribution in [-0.4, -0.2) is 32.9 Å². The Hall–Kier alpha value is -0.520. The van der Waals surface area contributed by atoms with Crippen LogP contribution in [0.4, 0.5) is 0 Å². The first-order valence-electron chi connectivity index (χ1n) is 7.04. The Balaban J connectivity index is 2.46. The third kappa shape index (κ3) is 6.77. The molecular formula is C15H17I2N3O3P+. The van der Waals surface area contributed by atoms with E-state index in [1.165, 1.54) is 0 Å². The van der Waals surface area contributed by atoms with Crippen LogP contribution in [0.3, 0.4) is 0 Å². The molecule has 24 heavy (non-hydrogen) atoms. The summed E-state index contributed by atoms with van der Waals surface area (Å²) in [6, 6.07) is 3.82. The molecule has 0 bridgehead atoms. The van der Waals surface area contributed by atoms with Crippen LogP contribution in [0.5, 0.6) is 0 Å². The number of alkyl halides is 2. The minimum atomic E-state index is -1.64. The molecule has 1 atom stereocenters. The Morgan fingerprint density at radius 2 is 1.79 bits per heavy atom. The third-order valence-electron chi connectivity index (χ3n) is 3.16. The molecule has 6 nitrogen and oxygen atoms in total. The second kappa shape index (κ2) is 11.2. The van der Waals surface area contributed by atoms with Gasteiger partial charge in [-0.25, -0.2) is 0 Å². The van der Waals surface area contributed by atoms with Crippen LogP contribution < -0.4 is 0 Å². The fourth-order valence-corrected chi connectivity index (χ4v) is 3.41. The van der Waals surface area contributed by atoms with E-state index < -0.39 is 8.03 Å². The van der Waals surface area contributed by atoms with E-state index in [1.54, 1.807) is 0 Å². The molecule has 1 unspecified atom stereocenters. The Labute approximate surface area is 170 Å². The number of allylic oxidation sites excluding steroid dienone is 6. The van der Waals surface area contributed by atoms with E-state index in [0.29, 0.717) is 31.9 Å². The Kier molecular flexibility index (Phi) is 10.0. The van der Waals surface area contributed by atoms with Crippen LogP contribution in [-0.2, 0) is 13.8 Å². The molecular weight excluding hydrogens is 555 g/mol. The average Bonchev–Trinajstić information content (AvgIpc) is 2.53. The summed E-state index contributed by atoms with van der Waals surface area (Å²) < 4.78 is 22.1. The fourth-order valence-electron chi connectivity index (χ4n) is 2.08. The summed E-state index contributed by atoms with van der Waals surface area (Å²) in [5, 5.41) is 17.9. The van der Waals surface area contributed by atoms with Crippen LogP contribution in [0, 0.1) is 22.7 Å². The fraction of sp³-hybridized carbons (Fsp3) is 0.467. The Morgan fingerprint density at radius 3 is 2.29 bits per heavy atom. The topological polar surface area (TPSA) is 86.3 Å². The summed E-state index contributed by atoms with van der Waals surface area (Å²) in [7, 11) is -1.64. The van der Waals surface area contributed by atoms with Gasteiger partial charge in [0.15, 0.2) is 0 Å². The van der Waals surface area contributed by atoms with Crippen molar-refractivity contribution < 1.29 is 13.8 Å². The molecule has 0 fully saturated rings. The molecule has 1 aliphatic rings. The highest BCUT2D eigenvalue weighted by Gasteiger charge is 2.26. The molecule has 1 rings (SSSR count). The van der Waals surface area contributed by atoms with Crippen LogP contribution in [0.2, 0.25) is 0 Å². The van der Waals surface area contributed by atoms with Crippen molar-refractivity contribution in [3.8, 4) is 12.1 Å². The lowest BCUT2D eigenvalue weighted by atomic mass is 10.0. The Bertz CT molecular complexity index is 622. The summed E-state index contributed by atoms with van der Waals surface area (Å²) in [4.78, 5) is 2.06. The number of hydrogen-bond acceptors (Lipinski definition) is 6. The van der Waals surface area contributed by atoms with Gasteiger partial charge in [-0.3, -0.25) is 0 Å². The van der Waals surface area contributed by atoms with Crippen molar-refractivity contribution in [2.75, 3.05) is 26.4 Å². The second-order valence-corrected chi connectivity index (χ2v) is 13.0. The van der Waals surface area contributed by atoms with E-state index >= 15 is 0 Å². The molecule has 9 heteroatoms. The van der Waals surface area contributed by atoms with E-state index in [2.05, 4.69) is 50.1 Å². The molecule has 1 aliphatic heterocycles. The number of nitriles is 2. The van der Waals surface area contributed by atoms with Crippen molar-refractivity contribution in [2.45, 2.75) is 15.5 Å². The van der Waals surface area contributed by atoms with Gasteiger partial charge in [-0.05, 0) is 75.7 Å². The normalized spacial score (nSPS) is 14.7. The van der Waals surface area contributed by atoms with Gasteiger partial charge in [-0.1, -0.05) is 0 Å². The molecule has 0 spiro atoms. The first kappa shape index (κ1) is 21.5. The monoisotopic (exact) mass is 572 g/mol. The molecule has 0 aromatic carbocycles. The van der Waals surface area contributed by atoms with Crippen molar-refractivity contribution >= 4 is 53.2 Å². The molecule has 1 heterocycles. The van der Waals surface area contributed by atoms with Crippen molar-refractivity contribution in [3.05, 3.63) is 34.7 Å². The van der Waals surface area contributed by atoms with E-state index in [4.69, 9.17) is 19.8 Å². The molecule has 0 aromatic heterocycles. The number of halogens is 2. The zero-order valence-electron chi connectivity index (χ0n) is 13.3. The van der Waals surface area contributed by atoms with Crippen LogP contribution in [0.1, 0.15) is 13.8 Å². The lowest BCUT2D eigenvalue weighted by Crippen LogP contribution is -2.26. The molecule has 0 amide bonds. The molecule has 0 aromatic rings. The van der Waals surface area contributed by atoms with Gasteiger partial charge in [-0.2, -0.15) is 10.5 Å². The van der Waals surface area contributed by atoms with Crippen molar-refractivity contribution in [2.24, 2.45) is 0 Å². The summed E-state index contributed by atoms with van der Waals surface area (Å²) >= 11 is 4.11. The van der Waals surface area contributed by atoms with E-state index in [1.807, 2.05) is 38.1 Å². The second-order valence-electron chi connectivity index (χ2n) is 4.79. The summed E-state index contributed by atoms with van der Waals surface area (Å²) in [5.41, 5.74) is 2.65. The predicted molar refractivity (Wildman–Crippen MR) is 109 cm³/mol. The number of hydrogen-bond donors (Lipinski definition) is 0. The SMILES string of the molecule is CC1=CC(=C(C#N)C#N)C=C(C)N1CCOCCO[P+](=O)C(I)I. The van der Waals surface area contributed by atoms with Gasteiger partial charge < -0.3 is 9.64 Å². The quantitative estimate of drug-likeness (QED) is 0.141. The van der Waals surface area contributed by atoms with Gasteiger partial charge in [0.05, 0.1) is 13.2 Å². The number of ether oxygens (including phenoxy) is 1. The Morgan fingerprint density at radius 1 is 1.21 bits per heavy atom. The highest BCUT2D eigenvalue weighted by molar-refractivity contribution is 14.2. The van der Waals surface area contributed by atoms with Gasteiger partial charge in [0, 0.05) is 23.5 Å².